The van der Waals surface area contributed by atoms with Crippen LogP contribution in [0.2, 0.25) is 0 Å². The van der Waals surface area contributed by atoms with E-state index in [0.717, 1.165) is 0 Å². The van der Waals surface area contributed by atoms with Gasteiger partial charge in [0, 0.05) is 25.9 Å². The molecule has 3 rings (SSSR count). The Morgan fingerprint density at radius 1 is 1.27 bits per heavy atom. The average molecular weight is 304 g/mol. The first-order valence-corrected chi connectivity index (χ1v) is 7.29. The molecule has 2 heterocycles. The number of morpholine rings is 1. The molecule has 2 aromatic rings. The summed E-state index contributed by atoms with van der Waals surface area (Å²) in [5.74, 6) is 0.537. The Hall–Kier alpha value is -2.21. The summed E-state index contributed by atoms with van der Waals surface area (Å²) in [7, 11) is 0. The van der Waals surface area contributed by atoms with Crippen LogP contribution in [0, 0.1) is 5.82 Å². The van der Waals surface area contributed by atoms with Gasteiger partial charge in [0.15, 0.2) is 11.7 Å². The molecule has 0 bridgehead atoms. The van der Waals surface area contributed by atoms with Crippen LogP contribution in [0.4, 0.5) is 4.39 Å². The lowest BCUT2D eigenvalue weighted by Gasteiger charge is -2.26. The van der Waals surface area contributed by atoms with Gasteiger partial charge in [0.25, 0.3) is 0 Å². The SMILES string of the molecule is O=C(CCc1ncc(-c2ccccc2F)o1)N1CCOCC1. The van der Waals surface area contributed by atoms with E-state index in [4.69, 9.17) is 9.15 Å². The van der Waals surface area contributed by atoms with E-state index < -0.39 is 0 Å². The molecule has 1 aromatic heterocycles. The van der Waals surface area contributed by atoms with Crippen molar-refractivity contribution in [2.45, 2.75) is 12.8 Å². The molecule has 5 nitrogen and oxygen atoms in total. The molecule has 1 aromatic carbocycles. The average Bonchev–Trinajstić information content (AvgIpc) is 3.02. The number of hydrogen-bond donors (Lipinski definition) is 0. The molecule has 116 valence electrons. The number of rotatable bonds is 4. The number of ether oxygens (including phenoxy) is 1. The summed E-state index contributed by atoms with van der Waals surface area (Å²) >= 11 is 0. The molecule has 0 unspecified atom stereocenters. The van der Waals surface area contributed by atoms with Gasteiger partial charge in [0.05, 0.1) is 25.0 Å². The quantitative estimate of drug-likeness (QED) is 0.869. The van der Waals surface area contributed by atoms with Gasteiger partial charge >= 0.3 is 0 Å². The Kier molecular flexibility index (Phi) is 4.48. The van der Waals surface area contributed by atoms with Crippen molar-refractivity contribution in [1.29, 1.82) is 0 Å². The van der Waals surface area contributed by atoms with Gasteiger partial charge in [-0.25, -0.2) is 9.37 Å². The van der Waals surface area contributed by atoms with Crippen molar-refractivity contribution in [3.8, 4) is 11.3 Å². The fourth-order valence-electron chi connectivity index (χ4n) is 2.40. The Balaban J connectivity index is 1.60. The van der Waals surface area contributed by atoms with Crippen LogP contribution >= 0.6 is 0 Å². The maximum Gasteiger partial charge on any atom is 0.223 e. The number of aryl methyl sites for hydroxylation is 1. The molecule has 0 N–H and O–H groups in total. The largest absolute Gasteiger partial charge is 0.441 e. The van der Waals surface area contributed by atoms with Crippen LogP contribution in [-0.2, 0) is 16.0 Å². The topological polar surface area (TPSA) is 55.6 Å². The third kappa shape index (κ3) is 3.33. The van der Waals surface area contributed by atoms with Gasteiger partial charge in [-0.15, -0.1) is 0 Å². The first kappa shape index (κ1) is 14.7. The number of carbonyl (C=O) groups is 1. The number of amides is 1. The van der Waals surface area contributed by atoms with Gasteiger partial charge < -0.3 is 14.1 Å². The van der Waals surface area contributed by atoms with Crippen molar-refractivity contribution in [1.82, 2.24) is 9.88 Å². The van der Waals surface area contributed by atoms with E-state index >= 15 is 0 Å². The minimum atomic E-state index is -0.352. The first-order chi connectivity index (χ1) is 10.7. The summed E-state index contributed by atoms with van der Waals surface area (Å²) in [6.45, 7) is 2.43. The van der Waals surface area contributed by atoms with Gasteiger partial charge in [0.2, 0.25) is 5.91 Å². The van der Waals surface area contributed by atoms with E-state index in [0.29, 0.717) is 56.4 Å². The summed E-state index contributed by atoms with van der Waals surface area (Å²) in [6.07, 6.45) is 2.23. The minimum absolute atomic E-state index is 0.0638. The molecule has 22 heavy (non-hydrogen) atoms. The van der Waals surface area contributed by atoms with Gasteiger partial charge in [0.1, 0.15) is 5.82 Å². The molecule has 0 atom stereocenters. The molecule has 1 fully saturated rings. The van der Waals surface area contributed by atoms with E-state index in [1.54, 1.807) is 23.1 Å². The smallest absolute Gasteiger partial charge is 0.223 e. The number of hydrogen-bond acceptors (Lipinski definition) is 4. The van der Waals surface area contributed by atoms with Crippen LogP contribution in [0.15, 0.2) is 34.9 Å². The van der Waals surface area contributed by atoms with E-state index in [1.165, 1.54) is 12.3 Å². The molecular formula is C16H17FN2O3. The van der Waals surface area contributed by atoms with Crippen LogP contribution in [0.3, 0.4) is 0 Å². The Bertz CT molecular complexity index is 650. The Labute approximate surface area is 127 Å². The molecule has 0 saturated carbocycles. The zero-order chi connectivity index (χ0) is 15.4. The monoisotopic (exact) mass is 304 g/mol. The fraction of sp³-hybridized carbons (Fsp3) is 0.375. The van der Waals surface area contributed by atoms with Crippen LogP contribution in [0.5, 0.6) is 0 Å². The number of halogens is 1. The molecule has 1 saturated heterocycles. The predicted octanol–water partition coefficient (Wildman–Crippen LogP) is 2.27. The molecular weight excluding hydrogens is 287 g/mol. The highest BCUT2D eigenvalue weighted by Crippen LogP contribution is 2.23. The van der Waals surface area contributed by atoms with E-state index in [2.05, 4.69) is 4.98 Å². The second kappa shape index (κ2) is 6.70. The number of benzene rings is 1. The third-order valence-electron chi connectivity index (χ3n) is 3.61. The number of aromatic nitrogens is 1. The summed E-state index contributed by atoms with van der Waals surface area (Å²) in [4.78, 5) is 17.9. The van der Waals surface area contributed by atoms with Crippen molar-refractivity contribution >= 4 is 5.91 Å². The van der Waals surface area contributed by atoms with Crippen LogP contribution in [-0.4, -0.2) is 42.1 Å². The number of carbonyl (C=O) groups excluding carboxylic acids is 1. The third-order valence-corrected chi connectivity index (χ3v) is 3.61. The van der Waals surface area contributed by atoms with E-state index in [9.17, 15) is 9.18 Å². The molecule has 0 spiro atoms. The van der Waals surface area contributed by atoms with Crippen molar-refractivity contribution in [3.63, 3.8) is 0 Å². The van der Waals surface area contributed by atoms with Crippen LogP contribution in [0.25, 0.3) is 11.3 Å². The van der Waals surface area contributed by atoms with Crippen LogP contribution in [0.1, 0.15) is 12.3 Å². The second-order valence-electron chi connectivity index (χ2n) is 5.09. The Morgan fingerprint density at radius 3 is 2.82 bits per heavy atom. The lowest BCUT2D eigenvalue weighted by Crippen LogP contribution is -2.40. The maximum atomic E-state index is 13.7. The zero-order valence-electron chi connectivity index (χ0n) is 12.1. The molecule has 1 amide bonds. The van der Waals surface area contributed by atoms with Crippen LogP contribution < -0.4 is 0 Å². The number of oxazole rings is 1. The molecule has 0 radical (unpaired) electrons. The minimum Gasteiger partial charge on any atom is -0.441 e. The molecule has 1 aliphatic rings. The normalized spacial score (nSPS) is 15.0. The van der Waals surface area contributed by atoms with Crippen molar-refractivity contribution in [2.24, 2.45) is 0 Å². The second-order valence-corrected chi connectivity index (χ2v) is 5.09. The van der Waals surface area contributed by atoms with E-state index in [-0.39, 0.29) is 11.7 Å². The molecule has 1 aliphatic heterocycles. The van der Waals surface area contributed by atoms with Gasteiger partial charge in [-0.1, -0.05) is 12.1 Å². The fourth-order valence-corrected chi connectivity index (χ4v) is 2.40. The van der Waals surface area contributed by atoms with E-state index in [1.807, 2.05) is 0 Å². The molecule has 0 aliphatic carbocycles. The highest BCUT2D eigenvalue weighted by molar-refractivity contribution is 5.76. The van der Waals surface area contributed by atoms with Gasteiger partial charge in [-0.2, -0.15) is 0 Å². The van der Waals surface area contributed by atoms with Gasteiger partial charge in [-0.05, 0) is 12.1 Å². The highest BCUT2D eigenvalue weighted by Gasteiger charge is 2.18. The zero-order valence-corrected chi connectivity index (χ0v) is 12.1. The number of nitrogens with zero attached hydrogens (tertiary/aromatic N) is 2. The Morgan fingerprint density at radius 2 is 2.05 bits per heavy atom. The highest BCUT2D eigenvalue weighted by atomic mass is 19.1. The standard InChI is InChI=1S/C16H17FN2O3/c17-13-4-2-1-3-12(13)14-11-18-15(22-14)5-6-16(20)19-7-9-21-10-8-19/h1-4,11H,5-10H2. The lowest BCUT2D eigenvalue weighted by molar-refractivity contribution is -0.135. The molecule has 6 heteroatoms. The maximum absolute atomic E-state index is 13.7. The summed E-state index contributed by atoms with van der Waals surface area (Å²) in [5.41, 5.74) is 0.376. The lowest BCUT2D eigenvalue weighted by atomic mass is 10.2. The predicted molar refractivity (Wildman–Crippen MR) is 77.6 cm³/mol. The van der Waals surface area contributed by atoms with Crippen molar-refractivity contribution < 1.29 is 18.3 Å². The van der Waals surface area contributed by atoms with Crippen molar-refractivity contribution in [3.05, 3.63) is 42.2 Å². The summed E-state index contributed by atoms with van der Waals surface area (Å²) in [6, 6.07) is 6.37. The summed E-state index contributed by atoms with van der Waals surface area (Å²) in [5, 5.41) is 0. The summed E-state index contributed by atoms with van der Waals surface area (Å²) < 4.78 is 24.4. The van der Waals surface area contributed by atoms with Crippen molar-refractivity contribution in [2.75, 3.05) is 26.3 Å². The first-order valence-electron chi connectivity index (χ1n) is 7.29. The van der Waals surface area contributed by atoms with Gasteiger partial charge in [-0.3, -0.25) is 4.79 Å².